The van der Waals surface area contributed by atoms with Crippen LogP contribution in [0.15, 0.2) is 40.8 Å². The van der Waals surface area contributed by atoms with Crippen molar-refractivity contribution in [2.45, 2.75) is 32.3 Å². The highest BCUT2D eigenvalue weighted by molar-refractivity contribution is 5.66. The molecule has 0 saturated carbocycles. The lowest BCUT2D eigenvalue weighted by Gasteiger charge is -2.20. The number of carbonyl (C=O) groups excluding carboxylic acids is 1. The molecule has 0 bridgehead atoms. The van der Waals surface area contributed by atoms with Gasteiger partial charge in [-0.3, -0.25) is 4.79 Å². The van der Waals surface area contributed by atoms with Crippen LogP contribution in [0.1, 0.15) is 37.2 Å². The summed E-state index contributed by atoms with van der Waals surface area (Å²) >= 11 is 0. The van der Waals surface area contributed by atoms with Gasteiger partial charge in [-0.1, -0.05) is 30.3 Å². The summed E-state index contributed by atoms with van der Waals surface area (Å²) in [7, 11) is 0. The number of fused-ring (bicyclic) bond motifs is 1. The first kappa shape index (κ1) is 12.0. The Morgan fingerprint density at radius 3 is 2.84 bits per heavy atom. The van der Waals surface area contributed by atoms with Crippen LogP contribution >= 0.6 is 0 Å². The lowest BCUT2D eigenvalue weighted by Crippen LogP contribution is -2.13. The number of rotatable bonds is 2. The van der Waals surface area contributed by atoms with Crippen molar-refractivity contribution in [2.24, 2.45) is 0 Å². The minimum Gasteiger partial charge on any atom is -0.461 e. The fraction of sp³-hybridized carbons (Fsp3) is 0.312. The first-order chi connectivity index (χ1) is 9.24. The molecule has 1 aromatic heterocycles. The van der Waals surface area contributed by atoms with E-state index in [2.05, 4.69) is 0 Å². The van der Waals surface area contributed by atoms with Crippen molar-refractivity contribution in [1.82, 2.24) is 0 Å². The molecule has 1 aromatic carbocycles. The van der Waals surface area contributed by atoms with Crippen LogP contribution in [-0.2, 0) is 16.0 Å². The van der Waals surface area contributed by atoms with Crippen LogP contribution < -0.4 is 0 Å². The van der Waals surface area contributed by atoms with Crippen LogP contribution in [0, 0.1) is 0 Å². The minimum absolute atomic E-state index is 0.150. The Bertz CT molecular complexity index is 583. The van der Waals surface area contributed by atoms with Crippen molar-refractivity contribution in [3.05, 3.63) is 47.7 Å². The molecule has 0 spiro atoms. The third-order valence-electron chi connectivity index (χ3n) is 3.43. The maximum atomic E-state index is 11.1. The van der Waals surface area contributed by atoms with Crippen LogP contribution in [0.4, 0.5) is 0 Å². The van der Waals surface area contributed by atoms with E-state index in [0.29, 0.717) is 0 Å². The van der Waals surface area contributed by atoms with Gasteiger partial charge >= 0.3 is 5.97 Å². The number of benzene rings is 1. The third-order valence-corrected chi connectivity index (χ3v) is 3.43. The molecule has 98 valence electrons. The van der Waals surface area contributed by atoms with Crippen LogP contribution in [0.2, 0.25) is 0 Å². The molecule has 1 aliphatic carbocycles. The zero-order valence-electron chi connectivity index (χ0n) is 10.9. The smallest absolute Gasteiger partial charge is 0.303 e. The zero-order chi connectivity index (χ0) is 13.2. The van der Waals surface area contributed by atoms with Crippen molar-refractivity contribution in [3.8, 4) is 11.3 Å². The topological polar surface area (TPSA) is 39.4 Å². The molecule has 19 heavy (non-hydrogen) atoms. The molecule has 1 heterocycles. The third kappa shape index (κ3) is 2.41. The van der Waals surface area contributed by atoms with E-state index in [1.165, 1.54) is 6.92 Å². The number of ether oxygens (including phenoxy) is 1. The van der Waals surface area contributed by atoms with Gasteiger partial charge in [0.25, 0.3) is 0 Å². The summed E-state index contributed by atoms with van der Waals surface area (Å²) < 4.78 is 11.3. The van der Waals surface area contributed by atoms with E-state index in [0.717, 1.165) is 41.9 Å². The number of hydrogen-bond donors (Lipinski definition) is 0. The van der Waals surface area contributed by atoms with Crippen LogP contribution in [0.3, 0.4) is 0 Å². The van der Waals surface area contributed by atoms with E-state index in [1.54, 1.807) is 0 Å². The van der Waals surface area contributed by atoms with E-state index in [4.69, 9.17) is 9.15 Å². The Balaban J connectivity index is 1.95. The second-order valence-electron chi connectivity index (χ2n) is 4.85. The van der Waals surface area contributed by atoms with Crippen molar-refractivity contribution in [2.75, 3.05) is 0 Å². The van der Waals surface area contributed by atoms with Gasteiger partial charge in [0.15, 0.2) is 0 Å². The maximum absolute atomic E-state index is 11.1. The highest BCUT2D eigenvalue weighted by atomic mass is 16.5. The summed E-state index contributed by atoms with van der Waals surface area (Å²) in [4.78, 5) is 11.1. The van der Waals surface area contributed by atoms with Crippen molar-refractivity contribution < 1.29 is 13.9 Å². The van der Waals surface area contributed by atoms with Gasteiger partial charge in [-0.25, -0.2) is 0 Å². The molecule has 1 unspecified atom stereocenters. The maximum Gasteiger partial charge on any atom is 0.303 e. The second-order valence-corrected chi connectivity index (χ2v) is 4.85. The first-order valence-electron chi connectivity index (χ1n) is 6.59. The number of aryl methyl sites for hydroxylation is 1. The zero-order valence-corrected chi connectivity index (χ0v) is 10.9. The molecule has 0 saturated heterocycles. The fourth-order valence-electron chi connectivity index (χ4n) is 2.58. The monoisotopic (exact) mass is 256 g/mol. The van der Waals surface area contributed by atoms with Crippen molar-refractivity contribution in [3.63, 3.8) is 0 Å². The van der Waals surface area contributed by atoms with Gasteiger partial charge < -0.3 is 9.15 Å². The average molecular weight is 256 g/mol. The molecule has 0 amide bonds. The van der Waals surface area contributed by atoms with Gasteiger partial charge in [-0.15, -0.1) is 0 Å². The SMILES string of the molecule is CC(=O)OC1CCCc2oc(-c3ccccc3)cc21. The molecular formula is C16H16O3. The summed E-state index contributed by atoms with van der Waals surface area (Å²) in [6, 6.07) is 12.0. The Morgan fingerprint density at radius 2 is 2.11 bits per heavy atom. The van der Waals surface area contributed by atoms with Crippen LogP contribution in [0.25, 0.3) is 11.3 Å². The fourth-order valence-corrected chi connectivity index (χ4v) is 2.58. The highest BCUT2D eigenvalue weighted by Gasteiger charge is 2.26. The number of esters is 1. The molecule has 0 aliphatic heterocycles. The predicted molar refractivity (Wildman–Crippen MR) is 71.6 cm³/mol. The van der Waals surface area contributed by atoms with Gasteiger partial charge in [-0.05, 0) is 18.9 Å². The van der Waals surface area contributed by atoms with Crippen LogP contribution in [0.5, 0.6) is 0 Å². The molecule has 3 heteroatoms. The lowest BCUT2D eigenvalue weighted by atomic mass is 9.95. The molecule has 3 nitrogen and oxygen atoms in total. The van der Waals surface area contributed by atoms with Gasteiger partial charge in [-0.2, -0.15) is 0 Å². The second kappa shape index (κ2) is 4.92. The predicted octanol–water partition coefficient (Wildman–Crippen LogP) is 3.89. The summed E-state index contributed by atoms with van der Waals surface area (Å²) in [5.74, 6) is 1.57. The standard InChI is InChI=1S/C16H16O3/c1-11(17)18-14-8-5-9-15-13(14)10-16(19-15)12-6-3-2-4-7-12/h2-4,6-7,10,14H,5,8-9H2,1H3. The van der Waals surface area contributed by atoms with Gasteiger partial charge in [0.2, 0.25) is 0 Å². The summed E-state index contributed by atoms with van der Waals surface area (Å²) in [6.07, 6.45) is 2.63. The number of furan rings is 1. The molecule has 0 radical (unpaired) electrons. The number of hydrogen-bond acceptors (Lipinski definition) is 3. The Labute approximate surface area is 112 Å². The van der Waals surface area contributed by atoms with E-state index >= 15 is 0 Å². The molecule has 1 aliphatic rings. The lowest BCUT2D eigenvalue weighted by molar-refractivity contribution is -0.147. The highest BCUT2D eigenvalue weighted by Crippen LogP contribution is 2.37. The largest absolute Gasteiger partial charge is 0.461 e. The van der Waals surface area contributed by atoms with Crippen LogP contribution in [-0.4, -0.2) is 5.97 Å². The average Bonchev–Trinajstić information content (AvgIpc) is 2.84. The summed E-state index contributed by atoms with van der Waals surface area (Å²) in [6.45, 7) is 1.45. The molecule has 3 rings (SSSR count). The van der Waals surface area contributed by atoms with Crippen molar-refractivity contribution >= 4 is 5.97 Å². The Hall–Kier alpha value is -2.03. The molecule has 1 atom stereocenters. The first-order valence-corrected chi connectivity index (χ1v) is 6.59. The molecule has 2 aromatic rings. The minimum atomic E-state index is -0.236. The normalized spacial score (nSPS) is 17.8. The van der Waals surface area contributed by atoms with Gasteiger partial charge in [0.05, 0.1) is 0 Å². The van der Waals surface area contributed by atoms with E-state index in [1.807, 2.05) is 36.4 Å². The van der Waals surface area contributed by atoms with E-state index in [-0.39, 0.29) is 12.1 Å². The summed E-state index contributed by atoms with van der Waals surface area (Å²) in [5.41, 5.74) is 2.08. The number of carbonyl (C=O) groups is 1. The van der Waals surface area contributed by atoms with Crippen molar-refractivity contribution in [1.29, 1.82) is 0 Å². The summed E-state index contributed by atoms with van der Waals surface area (Å²) in [5, 5.41) is 0. The molecular weight excluding hydrogens is 240 g/mol. The molecule has 0 fully saturated rings. The Kier molecular flexibility index (Phi) is 3.11. The van der Waals surface area contributed by atoms with Gasteiger partial charge in [0, 0.05) is 24.5 Å². The van der Waals surface area contributed by atoms with E-state index < -0.39 is 0 Å². The van der Waals surface area contributed by atoms with Gasteiger partial charge in [0.1, 0.15) is 17.6 Å². The van der Waals surface area contributed by atoms with E-state index in [9.17, 15) is 4.79 Å². The quantitative estimate of drug-likeness (QED) is 0.765. The Morgan fingerprint density at radius 1 is 1.32 bits per heavy atom. The molecule has 0 N–H and O–H groups in total.